The minimum atomic E-state index is -2.21. The summed E-state index contributed by atoms with van der Waals surface area (Å²) in [4.78, 5) is 0. The number of rotatable bonds is 2. The third kappa shape index (κ3) is 1.92. The maximum absolute atomic E-state index is 12.1. The second-order valence-electron chi connectivity index (χ2n) is 3.28. The fourth-order valence-electron chi connectivity index (χ4n) is 0.252. The Balaban J connectivity index is 4.01. The van der Waals surface area contributed by atoms with Crippen LogP contribution in [0.4, 0.5) is 8.78 Å². The highest BCUT2D eigenvalue weighted by molar-refractivity contribution is 4.74. The maximum atomic E-state index is 12.1. The number of hydrogen-bond donors (Lipinski definition) is 0. The molecule has 0 aliphatic carbocycles. The van der Waals surface area contributed by atoms with E-state index in [2.05, 4.69) is 0 Å². The van der Waals surface area contributed by atoms with E-state index in [1.165, 1.54) is 0 Å². The summed E-state index contributed by atoms with van der Waals surface area (Å²) in [7, 11) is 0. The third-order valence-corrected chi connectivity index (χ3v) is 2.05. The zero-order valence-corrected chi connectivity index (χ0v) is 6.41. The zero-order chi connectivity index (χ0) is 7.65. The van der Waals surface area contributed by atoms with Crippen molar-refractivity contribution in [3.63, 3.8) is 0 Å². The lowest BCUT2D eigenvalue weighted by Gasteiger charge is -2.27. The summed E-state index contributed by atoms with van der Waals surface area (Å²) in [6.45, 7) is 6.79. The fourth-order valence-corrected chi connectivity index (χ4v) is 0.252. The van der Waals surface area contributed by atoms with Crippen molar-refractivity contribution in [1.82, 2.24) is 0 Å². The summed E-state index contributed by atoms with van der Waals surface area (Å²) in [5.74, 6) is 0.0394. The first-order chi connectivity index (χ1) is 3.89. The van der Waals surface area contributed by atoms with Crippen LogP contribution in [0.25, 0.3) is 0 Å². The molecule has 0 nitrogen and oxygen atoms in total. The van der Waals surface area contributed by atoms with Gasteiger partial charge in [0.15, 0.2) is 0 Å². The van der Waals surface area contributed by atoms with E-state index in [1.54, 1.807) is 13.8 Å². The molecule has 0 heterocycles. The molecule has 0 saturated carbocycles. The van der Waals surface area contributed by atoms with Gasteiger partial charge >= 0.3 is 0 Å². The van der Waals surface area contributed by atoms with Gasteiger partial charge < -0.3 is 0 Å². The Kier molecular flexibility index (Phi) is 2.59. The van der Waals surface area contributed by atoms with Gasteiger partial charge in [-0.05, 0) is 5.92 Å². The van der Waals surface area contributed by atoms with Gasteiger partial charge in [0, 0.05) is 5.41 Å². The summed E-state index contributed by atoms with van der Waals surface area (Å²) < 4.78 is 24.1. The topological polar surface area (TPSA) is 0 Å². The fraction of sp³-hybridized carbons (Fsp3) is 1.00. The normalized spacial score (nSPS) is 13.3. The van der Waals surface area contributed by atoms with Gasteiger partial charge in [-0.25, -0.2) is 8.78 Å². The van der Waals surface area contributed by atoms with Crippen LogP contribution in [0.2, 0.25) is 0 Å². The second-order valence-corrected chi connectivity index (χ2v) is 3.28. The van der Waals surface area contributed by atoms with Crippen LogP contribution in [0.3, 0.4) is 0 Å². The van der Waals surface area contributed by atoms with E-state index in [1.807, 2.05) is 13.8 Å². The Morgan fingerprint density at radius 1 is 1.11 bits per heavy atom. The summed E-state index contributed by atoms with van der Waals surface area (Å²) in [5.41, 5.74) is -0.833. The highest BCUT2D eigenvalue weighted by atomic mass is 19.3. The SMILES string of the molecule is CC(C)C(C)(C)C(F)F. The van der Waals surface area contributed by atoms with E-state index in [4.69, 9.17) is 0 Å². The van der Waals surface area contributed by atoms with Crippen LogP contribution >= 0.6 is 0 Å². The summed E-state index contributed by atoms with van der Waals surface area (Å²) in [6.07, 6.45) is -2.21. The Labute approximate surface area is 55.3 Å². The smallest absolute Gasteiger partial charge is 0.210 e. The molecule has 0 saturated heterocycles. The van der Waals surface area contributed by atoms with Crippen LogP contribution in [0.5, 0.6) is 0 Å². The largest absolute Gasteiger partial charge is 0.243 e. The average molecular weight is 136 g/mol. The Morgan fingerprint density at radius 2 is 1.44 bits per heavy atom. The molecule has 0 aromatic carbocycles. The van der Waals surface area contributed by atoms with Crippen molar-refractivity contribution in [3.05, 3.63) is 0 Å². The van der Waals surface area contributed by atoms with Crippen molar-refractivity contribution in [2.75, 3.05) is 0 Å². The molecular formula is C7H14F2. The van der Waals surface area contributed by atoms with Crippen LogP contribution in [-0.4, -0.2) is 6.43 Å². The minimum Gasteiger partial charge on any atom is -0.210 e. The molecule has 0 spiro atoms. The van der Waals surface area contributed by atoms with Crippen molar-refractivity contribution in [1.29, 1.82) is 0 Å². The van der Waals surface area contributed by atoms with Crippen molar-refractivity contribution in [2.45, 2.75) is 34.1 Å². The molecule has 0 unspecified atom stereocenters. The second kappa shape index (κ2) is 2.63. The molecule has 0 aliphatic rings. The molecule has 0 aliphatic heterocycles. The summed E-state index contributed by atoms with van der Waals surface area (Å²) in [6, 6.07) is 0. The van der Waals surface area contributed by atoms with Gasteiger partial charge in [-0.3, -0.25) is 0 Å². The van der Waals surface area contributed by atoms with Crippen LogP contribution in [-0.2, 0) is 0 Å². The van der Waals surface area contributed by atoms with E-state index in [-0.39, 0.29) is 5.92 Å². The maximum Gasteiger partial charge on any atom is 0.243 e. The van der Waals surface area contributed by atoms with Crippen LogP contribution in [0.15, 0.2) is 0 Å². The van der Waals surface area contributed by atoms with Crippen molar-refractivity contribution in [3.8, 4) is 0 Å². The van der Waals surface area contributed by atoms with E-state index in [0.717, 1.165) is 0 Å². The third-order valence-electron chi connectivity index (χ3n) is 2.05. The van der Waals surface area contributed by atoms with E-state index < -0.39 is 11.8 Å². The van der Waals surface area contributed by atoms with Crippen LogP contribution in [0, 0.1) is 11.3 Å². The molecule has 56 valence electrons. The molecule has 0 bridgehead atoms. The van der Waals surface area contributed by atoms with Gasteiger partial charge in [-0.1, -0.05) is 27.7 Å². The Morgan fingerprint density at radius 3 is 1.44 bits per heavy atom. The van der Waals surface area contributed by atoms with Crippen molar-refractivity contribution in [2.24, 2.45) is 11.3 Å². The monoisotopic (exact) mass is 136 g/mol. The van der Waals surface area contributed by atoms with Crippen molar-refractivity contribution >= 4 is 0 Å². The molecule has 9 heavy (non-hydrogen) atoms. The lowest BCUT2D eigenvalue weighted by atomic mass is 9.82. The molecule has 0 amide bonds. The minimum absolute atomic E-state index is 0.0394. The number of halogens is 2. The molecule has 2 heteroatoms. The Hall–Kier alpha value is -0.140. The van der Waals surface area contributed by atoms with Gasteiger partial charge in [0.25, 0.3) is 0 Å². The van der Waals surface area contributed by atoms with Gasteiger partial charge in [0.2, 0.25) is 6.43 Å². The molecule has 0 aromatic rings. The van der Waals surface area contributed by atoms with Crippen LogP contribution in [0.1, 0.15) is 27.7 Å². The molecule has 0 radical (unpaired) electrons. The predicted molar refractivity (Wildman–Crippen MR) is 34.6 cm³/mol. The summed E-state index contributed by atoms with van der Waals surface area (Å²) >= 11 is 0. The molecule has 0 N–H and O–H groups in total. The van der Waals surface area contributed by atoms with Gasteiger partial charge in [0.1, 0.15) is 0 Å². The number of alkyl halides is 2. The first-order valence-electron chi connectivity index (χ1n) is 3.17. The van der Waals surface area contributed by atoms with Gasteiger partial charge in [0.05, 0.1) is 0 Å². The lowest BCUT2D eigenvalue weighted by molar-refractivity contribution is -0.0110. The van der Waals surface area contributed by atoms with Crippen molar-refractivity contribution < 1.29 is 8.78 Å². The standard InChI is InChI=1S/C7H14F2/c1-5(2)7(3,4)6(8)9/h5-6H,1-4H3. The first kappa shape index (κ1) is 8.86. The van der Waals surface area contributed by atoms with E-state index in [9.17, 15) is 8.78 Å². The molecular weight excluding hydrogens is 122 g/mol. The quantitative estimate of drug-likeness (QED) is 0.547. The van der Waals surface area contributed by atoms with Gasteiger partial charge in [-0.2, -0.15) is 0 Å². The number of hydrogen-bond acceptors (Lipinski definition) is 0. The van der Waals surface area contributed by atoms with E-state index >= 15 is 0 Å². The van der Waals surface area contributed by atoms with Gasteiger partial charge in [-0.15, -0.1) is 0 Å². The average Bonchev–Trinajstić information content (AvgIpc) is 1.65. The molecule has 0 fully saturated rings. The highest BCUT2D eigenvalue weighted by Gasteiger charge is 2.32. The van der Waals surface area contributed by atoms with E-state index in [0.29, 0.717) is 0 Å². The lowest BCUT2D eigenvalue weighted by Crippen LogP contribution is -2.27. The zero-order valence-electron chi connectivity index (χ0n) is 6.41. The first-order valence-corrected chi connectivity index (χ1v) is 3.17. The predicted octanol–water partition coefficient (Wildman–Crippen LogP) is 2.93. The highest BCUT2D eigenvalue weighted by Crippen LogP contribution is 2.32. The molecule has 0 aromatic heterocycles. The Bertz CT molecular complexity index is 74.9. The molecule has 0 rings (SSSR count). The summed E-state index contributed by atoms with van der Waals surface area (Å²) in [5, 5.41) is 0. The molecule has 0 atom stereocenters. The van der Waals surface area contributed by atoms with Crippen LogP contribution < -0.4 is 0 Å².